The minimum Gasteiger partial charge on any atom is -0.314 e. The van der Waals surface area contributed by atoms with Gasteiger partial charge in [0.25, 0.3) is 0 Å². The fourth-order valence-corrected chi connectivity index (χ4v) is 1.61. The molecule has 1 N–H and O–H groups in total. The lowest BCUT2D eigenvalue weighted by molar-refractivity contribution is 0.305. The highest BCUT2D eigenvalue weighted by molar-refractivity contribution is 4.62. The van der Waals surface area contributed by atoms with Crippen molar-refractivity contribution in [3.63, 3.8) is 0 Å². The molecule has 0 aliphatic rings. The van der Waals surface area contributed by atoms with Gasteiger partial charge >= 0.3 is 0 Å². The zero-order valence-corrected chi connectivity index (χ0v) is 10.5. The fourth-order valence-electron chi connectivity index (χ4n) is 1.61. The molecule has 0 radical (unpaired) electrons. The van der Waals surface area contributed by atoms with Crippen LogP contribution >= 0.6 is 0 Å². The van der Waals surface area contributed by atoms with Crippen LogP contribution in [0.3, 0.4) is 0 Å². The van der Waals surface area contributed by atoms with Gasteiger partial charge in [0.2, 0.25) is 0 Å². The number of nitrogens with one attached hydrogen (secondary N) is 1. The van der Waals surface area contributed by atoms with Crippen molar-refractivity contribution in [1.82, 2.24) is 10.2 Å². The third-order valence-electron chi connectivity index (χ3n) is 2.64. The van der Waals surface area contributed by atoms with Crippen molar-refractivity contribution in [1.29, 1.82) is 0 Å². The summed E-state index contributed by atoms with van der Waals surface area (Å²) < 4.78 is 0. The van der Waals surface area contributed by atoms with Crippen LogP contribution in [0.2, 0.25) is 0 Å². The molecule has 0 saturated heterocycles. The quantitative estimate of drug-likeness (QED) is 0.575. The molecule has 0 rings (SSSR count). The van der Waals surface area contributed by atoms with Crippen LogP contribution in [0.5, 0.6) is 0 Å². The van der Waals surface area contributed by atoms with E-state index < -0.39 is 0 Å². The van der Waals surface area contributed by atoms with Crippen LogP contribution in [0.15, 0.2) is 0 Å². The van der Waals surface area contributed by atoms with E-state index in [0.29, 0.717) is 6.04 Å². The minimum atomic E-state index is 0.661. The molecule has 0 saturated carbocycles. The highest BCUT2D eigenvalue weighted by atomic mass is 15.1. The molecule has 0 aliphatic heterocycles. The van der Waals surface area contributed by atoms with Crippen molar-refractivity contribution >= 4 is 0 Å². The van der Waals surface area contributed by atoms with Gasteiger partial charge in [0, 0.05) is 6.04 Å². The molecule has 0 bridgehead atoms. The standard InChI is InChI=1S/C12H28N2/c1-5-7-8-10-14(4)11-9-12(3)13-6-2/h12-13H,5-11H2,1-4H3. The molecule has 1 unspecified atom stereocenters. The number of hydrogen-bond acceptors (Lipinski definition) is 2. The lowest BCUT2D eigenvalue weighted by atomic mass is 10.2. The first kappa shape index (κ1) is 13.9. The molecule has 86 valence electrons. The Morgan fingerprint density at radius 3 is 2.43 bits per heavy atom. The van der Waals surface area contributed by atoms with Gasteiger partial charge in [-0.15, -0.1) is 0 Å². The second-order valence-electron chi connectivity index (χ2n) is 4.26. The van der Waals surface area contributed by atoms with Crippen LogP contribution in [0.1, 0.15) is 46.5 Å². The number of rotatable bonds is 9. The van der Waals surface area contributed by atoms with Gasteiger partial charge in [0.1, 0.15) is 0 Å². The van der Waals surface area contributed by atoms with Crippen LogP contribution in [-0.4, -0.2) is 37.6 Å². The van der Waals surface area contributed by atoms with Crippen LogP contribution in [0.25, 0.3) is 0 Å². The average molecular weight is 200 g/mol. The van der Waals surface area contributed by atoms with Crippen LogP contribution in [-0.2, 0) is 0 Å². The third-order valence-corrected chi connectivity index (χ3v) is 2.64. The minimum absolute atomic E-state index is 0.661. The first-order chi connectivity index (χ1) is 6.70. The van der Waals surface area contributed by atoms with Crippen LogP contribution < -0.4 is 5.32 Å². The predicted molar refractivity (Wildman–Crippen MR) is 64.8 cm³/mol. The molecule has 2 nitrogen and oxygen atoms in total. The highest BCUT2D eigenvalue weighted by Crippen LogP contribution is 1.98. The Bertz CT molecular complexity index is 115. The van der Waals surface area contributed by atoms with Gasteiger partial charge in [-0.3, -0.25) is 0 Å². The molecule has 1 atom stereocenters. The summed E-state index contributed by atoms with van der Waals surface area (Å²) in [7, 11) is 2.23. The first-order valence-corrected chi connectivity index (χ1v) is 6.12. The van der Waals surface area contributed by atoms with Crippen molar-refractivity contribution in [3.8, 4) is 0 Å². The predicted octanol–water partition coefficient (Wildman–Crippen LogP) is 2.50. The summed E-state index contributed by atoms with van der Waals surface area (Å²) in [5, 5.41) is 3.44. The summed E-state index contributed by atoms with van der Waals surface area (Å²) in [6.07, 6.45) is 5.30. The Balaban J connectivity index is 3.29. The number of hydrogen-bond donors (Lipinski definition) is 1. The van der Waals surface area contributed by atoms with Gasteiger partial charge in [0.15, 0.2) is 0 Å². The van der Waals surface area contributed by atoms with E-state index in [2.05, 4.69) is 38.0 Å². The van der Waals surface area contributed by atoms with Crippen LogP contribution in [0.4, 0.5) is 0 Å². The van der Waals surface area contributed by atoms with Crippen molar-refractivity contribution in [3.05, 3.63) is 0 Å². The second-order valence-corrected chi connectivity index (χ2v) is 4.26. The number of nitrogens with zero attached hydrogens (tertiary/aromatic N) is 1. The molecule has 0 aromatic rings. The molecule has 2 heteroatoms. The van der Waals surface area contributed by atoms with E-state index in [9.17, 15) is 0 Å². The zero-order chi connectivity index (χ0) is 10.8. The fraction of sp³-hybridized carbons (Fsp3) is 1.00. The van der Waals surface area contributed by atoms with Gasteiger partial charge in [0.05, 0.1) is 0 Å². The van der Waals surface area contributed by atoms with E-state index >= 15 is 0 Å². The third kappa shape index (κ3) is 8.52. The Kier molecular flexibility index (Phi) is 9.42. The summed E-state index contributed by atoms with van der Waals surface area (Å²) in [4.78, 5) is 2.45. The smallest absolute Gasteiger partial charge is 0.00507 e. The normalized spacial score (nSPS) is 13.5. The maximum absolute atomic E-state index is 3.44. The maximum Gasteiger partial charge on any atom is 0.00507 e. The molecule has 0 heterocycles. The second kappa shape index (κ2) is 9.47. The summed E-state index contributed by atoms with van der Waals surface area (Å²) >= 11 is 0. The summed E-state index contributed by atoms with van der Waals surface area (Å²) in [5.74, 6) is 0. The maximum atomic E-state index is 3.44. The van der Waals surface area contributed by atoms with Crippen molar-refractivity contribution in [2.45, 2.75) is 52.5 Å². The van der Waals surface area contributed by atoms with E-state index in [4.69, 9.17) is 0 Å². The van der Waals surface area contributed by atoms with E-state index in [1.54, 1.807) is 0 Å². The number of unbranched alkanes of at least 4 members (excludes halogenated alkanes) is 2. The van der Waals surface area contributed by atoms with Gasteiger partial charge < -0.3 is 10.2 Å². The Morgan fingerprint density at radius 1 is 1.14 bits per heavy atom. The van der Waals surface area contributed by atoms with Crippen molar-refractivity contribution < 1.29 is 0 Å². The summed E-state index contributed by atoms with van der Waals surface area (Å²) in [5.41, 5.74) is 0. The molecule has 0 aliphatic carbocycles. The van der Waals surface area contributed by atoms with E-state index in [0.717, 1.165) is 6.54 Å². The Labute approximate surface area is 90.1 Å². The van der Waals surface area contributed by atoms with Crippen molar-refractivity contribution in [2.24, 2.45) is 0 Å². The molecule has 0 aromatic heterocycles. The average Bonchev–Trinajstić information content (AvgIpc) is 2.16. The topological polar surface area (TPSA) is 15.3 Å². The van der Waals surface area contributed by atoms with Gasteiger partial charge in [-0.1, -0.05) is 26.7 Å². The largest absolute Gasteiger partial charge is 0.314 e. The highest BCUT2D eigenvalue weighted by Gasteiger charge is 2.02. The summed E-state index contributed by atoms with van der Waals surface area (Å²) in [6.45, 7) is 10.3. The molecule has 0 spiro atoms. The van der Waals surface area contributed by atoms with E-state index in [1.807, 2.05) is 0 Å². The molecule has 0 amide bonds. The monoisotopic (exact) mass is 200 g/mol. The Morgan fingerprint density at radius 2 is 1.86 bits per heavy atom. The molecular weight excluding hydrogens is 172 g/mol. The molecular formula is C12H28N2. The first-order valence-electron chi connectivity index (χ1n) is 6.12. The van der Waals surface area contributed by atoms with E-state index in [1.165, 1.54) is 38.8 Å². The van der Waals surface area contributed by atoms with Crippen LogP contribution in [0, 0.1) is 0 Å². The van der Waals surface area contributed by atoms with Crippen molar-refractivity contribution in [2.75, 3.05) is 26.7 Å². The zero-order valence-electron chi connectivity index (χ0n) is 10.5. The molecule has 0 aromatic carbocycles. The summed E-state index contributed by atoms with van der Waals surface area (Å²) in [6, 6.07) is 0.661. The van der Waals surface area contributed by atoms with Gasteiger partial charge in [-0.05, 0) is 46.4 Å². The Hall–Kier alpha value is -0.0800. The van der Waals surface area contributed by atoms with Gasteiger partial charge in [-0.25, -0.2) is 0 Å². The van der Waals surface area contributed by atoms with Gasteiger partial charge in [-0.2, -0.15) is 0 Å². The molecule has 14 heavy (non-hydrogen) atoms. The lowest BCUT2D eigenvalue weighted by Gasteiger charge is -2.19. The molecule has 0 fully saturated rings. The SMILES string of the molecule is CCCCCN(C)CCC(C)NCC. The van der Waals surface area contributed by atoms with E-state index in [-0.39, 0.29) is 0 Å². The lowest BCUT2D eigenvalue weighted by Crippen LogP contribution is -2.31.